The molecule has 110 valence electrons. The highest BCUT2D eigenvalue weighted by molar-refractivity contribution is 5.63. The summed E-state index contributed by atoms with van der Waals surface area (Å²) in [6, 6.07) is 10.9. The Morgan fingerprint density at radius 3 is 2.48 bits per heavy atom. The standard InChI is InChI=1S/C19H24N2/c1-13-9-14(2)18(15(3)10-13)12-21-8-4-5-16-6-7-17(20)11-19(16)21/h6-7,9-11H,4-5,8,12,20H2,1-3H3. The highest BCUT2D eigenvalue weighted by Crippen LogP contribution is 2.31. The van der Waals surface area contributed by atoms with Gasteiger partial charge >= 0.3 is 0 Å². The number of nitrogens with two attached hydrogens (primary N) is 1. The minimum Gasteiger partial charge on any atom is -0.399 e. The van der Waals surface area contributed by atoms with Crippen LogP contribution in [0.5, 0.6) is 0 Å². The Balaban J connectivity index is 1.96. The lowest BCUT2D eigenvalue weighted by atomic mass is 9.96. The van der Waals surface area contributed by atoms with Gasteiger partial charge in [0.25, 0.3) is 0 Å². The van der Waals surface area contributed by atoms with Crippen molar-refractivity contribution in [3.05, 3.63) is 58.1 Å². The first-order valence-electron chi connectivity index (χ1n) is 7.74. The monoisotopic (exact) mass is 280 g/mol. The molecule has 0 spiro atoms. The van der Waals surface area contributed by atoms with E-state index < -0.39 is 0 Å². The van der Waals surface area contributed by atoms with Gasteiger partial charge in [0, 0.05) is 24.5 Å². The molecule has 21 heavy (non-hydrogen) atoms. The summed E-state index contributed by atoms with van der Waals surface area (Å²) < 4.78 is 0. The number of hydrogen-bond donors (Lipinski definition) is 1. The van der Waals surface area contributed by atoms with Crippen LogP contribution in [0.4, 0.5) is 11.4 Å². The maximum Gasteiger partial charge on any atom is 0.0434 e. The second-order valence-corrected chi connectivity index (χ2v) is 6.29. The molecule has 0 unspecified atom stereocenters. The van der Waals surface area contributed by atoms with Crippen molar-refractivity contribution >= 4 is 11.4 Å². The lowest BCUT2D eigenvalue weighted by molar-refractivity contribution is 0.688. The first-order valence-corrected chi connectivity index (χ1v) is 7.74. The lowest BCUT2D eigenvalue weighted by Gasteiger charge is -2.32. The molecule has 0 aliphatic carbocycles. The summed E-state index contributed by atoms with van der Waals surface area (Å²) in [7, 11) is 0. The summed E-state index contributed by atoms with van der Waals surface area (Å²) in [6.07, 6.45) is 2.39. The Morgan fingerprint density at radius 2 is 1.76 bits per heavy atom. The highest BCUT2D eigenvalue weighted by atomic mass is 15.1. The molecule has 2 N–H and O–H groups in total. The Kier molecular flexibility index (Phi) is 3.62. The molecule has 0 bridgehead atoms. The van der Waals surface area contributed by atoms with Crippen LogP contribution in [0, 0.1) is 20.8 Å². The molecule has 0 saturated carbocycles. The van der Waals surface area contributed by atoms with Crippen LogP contribution in [0.3, 0.4) is 0 Å². The van der Waals surface area contributed by atoms with Gasteiger partial charge in [-0.25, -0.2) is 0 Å². The number of fused-ring (bicyclic) bond motifs is 1. The fraction of sp³-hybridized carbons (Fsp3) is 0.368. The molecule has 0 atom stereocenters. The number of aryl methyl sites for hydroxylation is 4. The van der Waals surface area contributed by atoms with E-state index in [0.29, 0.717) is 0 Å². The van der Waals surface area contributed by atoms with Crippen molar-refractivity contribution in [3.8, 4) is 0 Å². The number of benzene rings is 2. The molecule has 3 rings (SSSR count). The van der Waals surface area contributed by atoms with Crippen molar-refractivity contribution in [2.24, 2.45) is 0 Å². The Labute approximate surface area is 127 Å². The van der Waals surface area contributed by atoms with Gasteiger partial charge in [0.05, 0.1) is 0 Å². The van der Waals surface area contributed by atoms with Crippen LogP contribution in [-0.4, -0.2) is 6.54 Å². The van der Waals surface area contributed by atoms with Gasteiger partial charge in [-0.1, -0.05) is 23.8 Å². The zero-order valence-corrected chi connectivity index (χ0v) is 13.2. The molecule has 2 nitrogen and oxygen atoms in total. The molecule has 1 aliphatic rings. The summed E-state index contributed by atoms with van der Waals surface area (Å²) in [5.41, 5.74) is 15.2. The zero-order chi connectivity index (χ0) is 15.0. The van der Waals surface area contributed by atoms with Crippen molar-refractivity contribution < 1.29 is 0 Å². The van der Waals surface area contributed by atoms with E-state index >= 15 is 0 Å². The summed E-state index contributed by atoms with van der Waals surface area (Å²) >= 11 is 0. The molecular weight excluding hydrogens is 256 g/mol. The first kappa shape index (κ1) is 14.0. The van der Waals surface area contributed by atoms with E-state index in [2.05, 4.69) is 49.9 Å². The minimum absolute atomic E-state index is 0.859. The molecule has 0 radical (unpaired) electrons. The molecule has 0 aromatic heterocycles. The van der Waals surface area contributed by atoms with Crippen LogP contribution in [-0.2, 0) is 13.0 Å². The normalized spacial score (nSPS) is 14.1. The van der Waals surface area contributed by atoms with Gasteiger partial charge in [-0.05, 0) is 68.0 Å². The fourth-order valence-corrected chi connectivity index (χ4v) is 3.48. The van der Waals surface area contributed by atoms with Gasteiger partial charge in [-0.15, -0.1) is 0 Å². The minimum atomic E-state index is 0.859. The van der Waals surface area contributed by atoms with Gasteiger partial charge in [-0.3, -0.25) is 0 Å². The molecule has 1 aliphatic heterocycles. The second-order valence-electron chi connectivity index (χ2n) is 6.29. The van der Waals surface area contributed by atoms with Crippen molar-refractivity contribution in [1.82, 2.24) is 0 Å². The number of rotatable bonds is 2. The maximum absolute atomic E-state index is 5.99. The van der Waals surface area contributed by atoms with E-state index in [9.17, 15) is 0 Å². The van der Waals surface area contributed by atoms with Crippen LogP contribution < -0.4 is 10.6 Å². The number of nitrogens with zero attached hydrogens (tertiary/aromatic N) is 1. The Morgan fingerprint density at radius 1 is 1.05 bits per heavy atom. The van der Waals surface area contributed by atoms with E-state index in [1.807, 2.05) is 6.07 Å². The average Bonchev–Trinajstić information content (AvgIpc) is 2.43. The Hall–Kier alpha value is -1.96. The molecule has 2 aromatic rings. The summed E-state index contributed by atoms with van der Waals surface area (Å²) in [5, 5.41) is 0. The van der Waals surface area contributed by atoms with Crippen LogP contribution in [0.15, 0.2) is 30.3 Å². The van der Waals surface area contributed by atoms with Crippen LogP contribution >= 0.6 is 0 Å². The molecule has 0 fully saturated rings. The third kappa shape index (κ3) is 2.76. The third-order valence-corrected chi connectivity index (χ3v) is 4.51. The summed E-state index contributed by atoms with van der Waals surface area (Å²) in [5.74, 6) is 0. The molecule has 0 amide bonds. The lowest BCUT2D eigenvalue weighted by Crippen LogP contribution is -2.29. The SMILES string of the molecule is Cc1cc(C)c(CN2CCCc3ccc(N)cc32)c(C)c1. The van der Waals surface area contributed by atoms with Crippen LogP contribution in [0.1, 0.15) is 34.2 Å². The van der Waals surface area contributed by atoms with E-state index in [0.717, 1.165) is 25.2 Å². The van der Waals surface area contributed by atoms with E-state index in [1.54, 1.807) is 0 Å². The van der Waals surface area contributed by atoms with E-state index in [1.165, 1.54) is 39.9 Å². The topological polar surface area (TPSA) is 29.3 Å². The smallest absolute Gasteiger partial charge is 0.0434 e. The fourth-order valence-electron chi connectivity index (χ4n) is 3.48. The van der Waals surface area contributed by atoms with Gasteiger partial charge in [0.2, 0.25) is 0 Å². The van der Waals surface area contributed by atoms with E-state index in [4.69, 9.17) is 5.73 Å². The largest absolute Gasteiger partial charge is 0.399 e. The van der Waals surface area contributed by atoms with Crippen molar-refractivity contribution in [2.45, 2.75) is 40.2 Å². The van der Waals surface area contributed by atoms with Crippen LogP contribution in [0.25, 0.3) is 0 Å². The Bertz CT molecular complexity index is 650. The van der Waals surface area contributed by atoms with Gasteiger partial charge in [0.1, 0.15) is 0 Å². The van der Waals surface area contributed by atoms with Gasteiger partial charge in [-0.2, -0.15) is 0 Å². The number of hydrogen-bond acceptors (Lipinski definition) is 2. The molecular formula is C19H24N2. The van der Waals surface area contributed by atoms with Crippen molar-refractivity contribution in [3.63, 3.8) is 0 Å². The average molecular weight is 280 g/mol. The van der Waals surface area contributed by atoms with Gasteiger partial charge < -0.3 is 10.6 Å². The first-order chi connectivity index (χ1) is 10.0. The van der Waals surface area contributed by atoms with E-state index in [-0.39, 0.29) is 0 Å². The predicted octanol–water partition coefficient (Wildman–Crippen LogP) is 4.15. The molecule has 2 aromatic carbocycles. The molecule has 0 saturated heterocycles. The molecule has 2 heteroatoms. The zero-order valence-electron chi connectivity index (χ0n) is 13.2. The quantitative estimate of drug-likeness (QED) is 0.837. The summed E-state index contributed by atoms with van der Waals surface area (Å²) in [4.78, 5) is 2.49. The highest BCUT2D eigenvalue weighted by Gasteiger charge is 2.18. The van der Waals surface area contributed by atoms with Crippen molar-refractivity contribution in [2.75, 3.05) is 17.2 Å². The van der Waals surface area contributed by atoms with Gasteiger partial charge in [0.15, 0.2) is 0 Å². The number of anilines is 2. The van der Waals surface area contributed by atoms with Crippen LogP contribution in [0.2, 0.25) is 0 Å². The summed E-state index contributed by atoms with van der Waals surface area (Å²) in [6.45, 7) is 8.71. The third-order valence-electron chi connectivity index (χ3n) is 4.51. The maximum atomic E-state index is 5.99. The number of nitrogen functional groups attached to an aromatic ring is 1. The second kappa shape index (κ2) is 5.44. The van der Waals surface area contributed by atoms with Crippen molar-refractivity contribution in [1.29, 1.82) is 0 Å². The predicted molar refractivity (Wildman–Crippen MR) is 90.9 cm³/mol. The molecule has 1 heterocycles.